The number of nitrogens with one attached hydrogen (secondary N) is 1. The average Bonchev–Trinajstić information content (AvgIpc) is 2.71. The maximum absolute atomic E-state index is 9.47. The molecule has 100 valence electrons. The highest BCUT2D eigenvalue weighted by atomic mass is 32.1. The molecule has 0 atom stereocenters. The lowest BCUT2D eigenvalue weighted by Crippen LogP contribution is -2.03. The first kappa shape index (κ1) is 13.0. The third-order valence-corrected chi connectivity index (χ3v) is 4.10. The Bertz CT molecular complexity index is 726. The lowest BCUT2D eigenvalue weighted by atomic mass is 9.95. The summed E-state index contributed by atoms with van der Waals surface area (Å²) in [6, 6.07) is 8.05. The minimum Gasteiger partial charge on any atom is -0.349 e. The third kappa shape index (κ3) is 2.25. The summed E-state index contributed by atoms with van der Waals surface area (Å²) >= 11 is 5.36. The van der Waals surface area contributed by atoms with E-state index in [-0.39, 0.29) is 0 Å². The smallest absolute Gasteiger partial charge is 0.122 e. The van der Waals surface area contributed by atoms with Crippen LogP contribution in [0.1, 0.15) is 36.1 Å². The molecule has 1 aliphatic carbocycles. The van der Waals surface area contributed by atoms with Gasteiger partial charge in [-0.25, -0.2) is 0 Å². The zero-order valence-corrected chi connectivity index (χ0v) is 12.0. The van der Waals surface area contributed by atoms with E-state index >= 15 is 0 Å². The number of H-pyrrole nitrogens is 1. The van der Waals surface area contributed by atoms with E-state index < -0.39 is 0 Å². The molecule has 3 nitrogen and oxygen atoms in total. The Labute approximate surface area is 123 Å². The predicted molar refractivity (Wildman–Crippen MR) is 80.8 cm³/mol. The van der Waals surface area contributed by atoms with Crippen LogP contribution in [-0.4, -0.2) is 9.97 Å². The molecule has 0 spiro atoms. The molecule has 0 aliphatic heterocycles. The van der Waals surface area contributed by atoms with Crippen molar-refractivity contribution in [3.63, 3.8) is 0 Å². The van der Waals surface area contributed by atoms with E-state index in [0.29, 0.717) is 10.2 Å². The molecule has 0 amide bonds. The van der Waals surface area contributed by atoms with Crippen molar-refractivity contribution in [1.82, 2.24) is 9.97 Å². The SMILES string of the molecule is N#Cc1c(-c2ccccn2)c2c([nH]c1=S)CCCCC2. The van der Waals surface area contributed by atoms with Crippen molar-refractivity contribution in [1.29, 1.82) is 5.26 Å². The molecular weight excluding hydrogens is 266 g/mol. The summed E-state index contributed by atoms with van der Waals surface area (Å²) in [5.41, 5.74) is 4.76. The Balaban J connectivity index is 2.33. The Hall–Kier alpha value is -1.99. The molecule has 3 rings (SSSR count). The maximum Gasteiger partial charge on any atom is 0.122 e. The number of pyridine rings is 2. The monoisotopic (exact) mass is 281 g/mol. The number of aryl methyl sites for hydroxylation is 1. The second kappa shape index (κ2) is 5.56. The van der Waals surface area contributed by atoms with E-state index in [1.54, 1.807) is 6.20 Å². The lowest BCUT2D eigenvalue weighted by Gasteiger charge is -2.14. The van der Waals surface area contributed by atoms with Crippen LogP contribution < -0.4 is 0 Å². The van der Waals surface area contributed by atoms with Crippen molar-refractivity contribution in [2.75, 3.05) is 0 Å². The van der Waals surface area contributed by atoms with Crippen molar-refractivity contribution in [3.8, 4) is 17.3 Å². The molecule has 4 heteroatoms. The fraction of sp³-hybridized carbons (Fsp3) is 0.312. The second-order valence-corrected chi connectivity index (χ2v) is 5.46. The molecule has 20 heavy (non-hydrogen) atoms. The summed E-state index contributed by atoms with van der Waals surface area (Å²) in [6.07, 6.45) is 7.30. The van der Waals surface area contributed by atoms with Crippen LogP contribution in [0.5, 0.6) is 0 Å². The molecule has 2 aromatic rings. The van der Waals surface area contributed by atoms with E-state index in [1.807, 2.05) is 18.2 Å². The van der Waals surface area contributed by atoms with E-state index in [4.69, 9.17) is 12.2 Å². The van der Waals surface area contributed by atoms with Gasteiger partial charge in [-0.15, -0.1) is 0 Å². The van der Waals surface area contributed by atoms with Crippen molar-refractivity contribution < 1.29 is 0 Å². The molecule has 0 fully saturated rings. The van der Waals surface area contributed by atoms with Crippen LogP contribution in [0.4, 0.5) is 0 Å². The standard InChI is InChI=1S/C16H15N3S/c17-10-12-15(14-8-4-5-9-18-14)11-6-2-1-3-7-13(11)19-16(12)20/h4-5,8-9H,1-3,6-7H2,(H,19,20). The van der Waals surface area contributed by atoms with Gasteiger partial charge in [0, 0.05) is 17.5 Å². The Morgan fingerprint density at radius 2 is 2.05 bits per heavy atom. The first-order valence-corrected chi connectivity index (χ1v) is 7.31. The first-order chi connectivity index (χ1) is 9.81. The quantitative estimate of drug-likeness (QED) is 0.636. The number of hydrogen-bond donors (Lipinski definition) is 1. The van der Waals surface area contributed by atoms with Gasteiger partial charge < -0.3 is 4.98 Å². The van der Waals surface area contributed by atoms with Gasteiger partial charge >= 0.3 is 0 Å². The van der Waals surface area contributed by atoms with Crippen LogP contribution in [0.15, 0.2) is 24.4 Å². The molecule has 0 radical (unpaired) electrons. The summed E-state index contributed by atoms with van der Waals surface area (Å²) in [4.78, 5) is 7.69. The number of rotatable bonds is 1. The zero-order valence-electron chi connectivity index (χ0n) is 11.1. The van der Waals surface area contributed by atoms with E-state index in [1.165, 1.54) is 24.1 Å². The highest BCUT2D eigenvalue weighted by molar-refractivity contribution is 7.71. The van der Waals surface area contributed by atoms with Crippen LogP contribution in [-0.2, 0) is 12.8 Å². The molecule has 2 aromatic heterocycles. The van der Waals surface area contributed by atoms with E-state index in [2.05, 4.69) is 16.0 Å². The van der Waals surface area contributed by atoms with Gasteiger partial charge in [0.25, 0.3) is 0 Å². The van der Waals surface area contributed by atoms with Crippen LogP contribution in [0.2, 0.25) is 0 Å². The summed E-state index contributed by atoms with van der Waals surface area (Å²) in [5, 5.41) is 9.47. The average molecular weight is 281 g/mol. The summed E-state index contributed by atoms with van der Waals surface area (Å²) < 4.78 is 0.536. The van der Waals surface area contributed by atoms with Crippen LogP contribution >= 0.6 is 12.2 Å². The summed E-state index contributed by atoms with van der Waals surface area (Å²) in [7, 11) is 0. The minimum atomic E-state index is 0.536. The van der Waals surface area contributed by atoms with Crippen molar-refractivity contribution in [2.24, 2.45) is 0 Å². The van der Waals surface area contributed by atoms with Crippen LogP contribution in [0.25, 0.3) is 11.3 Å². The van der Waals surface area contributed by atoms with Crippen LogP contribution in [0, 0.1) is 16.0 Å². The maximum atomic E-state index is 9.47. The summed E-state index contributed by atoms with van der Waals surface area (Å²) in [5.74, 6) is 0. The van der Waals surface area contributed by atoms with Crippen LogP contribution in [0.3, 0.4) is 0 Å². The van der Waals surface area contributed by atoms with E-state index in [0.717, 1.165) is 30.5 Å². The number of hydrogen-bond acceptors (Lipinski definition) is 3. The largest absolute Gasteiger partial charge is 0.349 e. The molecular formula is C16H15N3S. The third-order valence-electron chi connectivity index (χ3n) is 3.79. The van der Waals surface area contributed by atoms with Gasteiger partial charge in [0.05, 0.1) is 11.3 Å². The number of fused-ring (bicyclic) bond motifs is 1. The van der Waals surface area contributed by atoms with Gasteiger partial charge in [0.2, 0.25) is 0 Å². The van der Waals surface area contributed by atoms with Crippen molar-refractivity contribution >= 4 is 12.2 Å². The Morgan fingerprint density at radius 3 is 2.80 bits per heavy atom. The summed E-state index contributed by atoms with van der Waals surface area (Å²) in [6.45, 7) is 0. The highest BCUT2D eigenvalue weighted by Gasteiger charge is 2.19. The fourth-order valence-corrected chi connectivity index (χ4v) is 3.13. The first-order valence-electron chi connectivity index (χ1n) is 6.91. The molecule has 2 heterocycles. The second-order valence-electron chi connectivity index (χ2n) is 5.05. The normalized spacial score (nSPS) is 14.2. The van der Waals surface area contributed by atoms with Gasteiger partial charge in [0.15, 0.2) is 0 Å². The predicted octanol–water partition coefficient (Wildman–Crippen LogP) is 3.95. The number of aromatic amines is 1. The van der Waals surface area contributed by atoms with E-state index in [9.17, 15) is 5.26 Å². The minimum absolute atomic E-state index is 0.536. The van der Waals surface area contributed by atoms with Gasteiger partial charge in [-0.2, -0.15) is 5.26 Å². The van der Waals surface area contributed by atoms with Gasteiger partial charge in [-0.05, 0) is 43.4 Å². The Kier molecular flexibility index (Phi) is 3.62. The molecule has 0 bridgehead atoms. The highest BCUT2D eigenvalue weighted by Crippen LogP contribution is 2.32. The van der Waals surface area contributed by atoms with Gasteiger partial charge in [-0.1, -0.05) is 24.7 Å². The number of aromatic nitrogens is 2. The lowest BCUT2D eigenvalue weighted by molar-refractivity contribution is 0.708. The van der Waals surface area contributed by atoms with Crippen molar-refractivity contribution in [2.45, 2.75) is 32.1 Å². The molecule has 0 saturated carbocycles. The molecule has 0 aromatic carbocycles. The fourth-order valence-electron chi connectivity index (χ4n) is 2.86. The number of nitrogens with zero attached hydrogens (tertiary/aromatic N) is 2. The molecule has 1 N–H and O–H groups in total. The molecule has 1 aliphatic rings. The van der Waals surface area contributed by atoms with Gasteiger partial charge in [-0.3, -0.25) is 4.98 Å². The topological polar surface area (TPSA) is 52.5 Å². The molecule has 0 unspecified atom stereocenters. The van der Waals surface area contributed by atoms with Gasteiger partial charge in [0.1, 0.15) is 10.7 Å². The Morgan fingerprint density at radius 1 is 1.20 bits per heavy atom. The zero-order chi connectivity index (χ0) is 13.9. The van der Waals surface area contributed by atoms with Crippen molar-refractivity contribution in [3.05, 3.63) is 45.9 Å². The number of nitriles is 1. The molecule has 0 saturated heterocycles.